The van der Waals surface area contributed by atoms with Crippen LogP contribution < -0.4 is 11.1 Å². The first-order valence-electron chi connectivity index (χ1n) is 5.65. The number of thiocarbonyl (C=S) groups is 1. The highest BCUT2D eigenvalue weighted by Crippen LogP contribution is 2.23. The molecule has 6 heteroatoms. The van der Waals surface area contributed by atoms with E-state index in [1.54, 1.807) is 0 Å². The first kappa shape index (κ1) is 14.1. The van der Waals surface area contributed by atoms with Crippen LogP contribution in [0.3, 0.4) is 0 Å². The zero-order valence-corrected chi connectivity index (χ0v) is 13.5. The topological polar surface area (TPSA) is 63.8 Å². The molecule has 1 heterocycles. The average Bonchev–Trinajstić information content (AvgIpc) is 2.33. The number of anilines is 2. The van der Waals surface area contributed by atoms with Crippen LogP contribution in [0.5, 0.6) is 0 Å². The molecule has 0 fully saturated rings. The Morgan fingerprint density at radius 2 is 2.05 bits per heavy atom. The third-order valence-electron chi connectivity index (χ3n) is 2.79. The summed E-state index contributed by atoms with van der Waals surface area (Å²) < 4.78 is 1.14. The molecule has 19 heavy (non-hydrogen) atoms. The van der Waals surface area contributed by atoms with Crippen LogP contribution in [0.25, 0.3) is 0 Å². The van der Waals surface area contributed by atoms with Crippen molar-refractivity contribution in [3.05, 3.63) is 44.7 Å². The summed E-state index contributed by atoms with van der Waals surface area (Å²) in [6.45, 7) is 3.83. The Balaban J connectivity index is 2.46. The molecule has 0 amide bonds. The molecule has 0 spiro atoms. The van der Waals surface area contributed by atoms with Gasteiger partial charge in [-0.1, -0.05) is 18.3 Å². The van der Waals surface area contributed by atoms with Gasteiger partial charge in [-0.3, -0.25) is 0 Å². The molecule has 2 rings (SSSR count). The van der Waals surface area contributed by atoms with Gasteiger partial charge < -0.3 is 11.1 Å². The van der Waals surface area contributed by atoms with Crippen LogP contribution in [0.4, 0.5) is 11.5 Å². The number of aryl methyl sites for hydroxylation is 1. The van der Waals surface area contributed by atoms with Crippen LogP contribution in [0.1, 0.15) is 16.8 Å². The molecule has 0 saturated heterocycles. The number of nitrogens with two attached hydrogens (primary N) is 1. The van der Waals surface area contributed by atoms with Crippen molar-refractivity contribution in [2.75, 3.05) is 5.32 Å². The van der Waals surface area contributed by atoms with Gasteiger partial charge in [-0.2, -0.15) is 5.10 Å². The highest BCUT2D eigenvalue weighted by Gasteiger charge is 2.13. The summed E-state index contributed by atoms with van der Waals surface area (Å²) in [7, 11) is 0. The van der Waals surface area contributed by atoms with Crippen LogP contribution in [0, 0.1) is 17.4 Å². The van der Waals surface area contributed by atoms with E-state index in [0.717, 1.165) is 26.1 Å². The number of nitrogens with zero attached hydrogens (tertiary/aromatic N) is 2. The van der Waals surface area contributed by atoms with Crippen molar-refractivity contribution in [1.29, 1.82) is 0 Å². The lowest BCUT2D eigenvalue weighted by atomic mass is 10.1. The molecule has 2 aromatic rings. The normalized spacial score (nSPS) is 10.3. The molecule has 0 aliphatic rings. The lowest BCUT2D eigenvalue weighted by Crippen LogP contribution is -2.16. The van der Waals surface area contributed by atoms with Crippen molar-refractivity contribution in [1.82, 2.24) is 10.2 Å². The van der Waals surface area contributed by atoms with E-state index >= 15 is 0 Å². The smallest absolute Gasteiger partial charge is 0.163 e. The Hall–Kier alpha value is -1.28. The lowest BCUT2D eigenvalue weighted by molar-refractivity contribution is 0.963. The maximum Gasteiger partial charge on any atom is 0.163 e. The van der Waals surface area contributed by atoms with Gasteiger partial charge in [0.1, 0.15) is 4.99 Å². The van der Waals surface area contributed by atoms with Crippen LogP contribution in [-0.2, 0) is 0 Å². The summed E-state index contributed by atoms with van der Waals surface area (Å²) in [6.07, 6.45) is 0. The predicted octanol–water partition coefficient (Wildman–Crippen LogP) is 3.08. The largest absolute Gasteiger partial charge is 0.389 e. The number of nitrogens with one attached hydrogen (secondary N) is 1. The monoisotopic (exact) mass is 384 g/mol. The zero-order chi connectivity index (χ0) is 14.0. The number of hydrogen-bond donors (Lipinski definition) is 2. The van der Waals surface area contributed by atoms with Crippen LogP contribution in [0.15, 0.2) is 24.3 Å². The van der Waals surface area contributed by atoms with Crippen molar-refractivity contribution < 1.29 is 0 Å². The van der Waals surface area contributed by atoms with Crippen molar-refractivity contribution in [3.8, 4) is 0 Å². The van der Waals surface area contributed by atoms with Gasteiger partial charge >= 0.3 is 0 Å². The highest BCUT2D eigenvalue weighted by atomic mass is 127. The first-order valence-corrected chi connectivity index (χ1v) is 7.14. The summed E-state index contributed by atoms with van der Waals surface area (Å²) in [4.78, 5) is 0.323. The number of aromatic nitrogens is 2. The van der Waals surface area contributed by atoms with Gasteiger partial charge in [0.15, 0.2) is 5.82 Å². The Morgan fingerprint density at radius 3 is 2.68 bits per heavy atom. The van der Waals surface area contributed by atoms with Gasteiger partial charge in [-0.25, -0.2) is 0 Å². The van der Waals surface area contributed by atoms with E-state index in [-0.39, 0.29) is 0 Å². The van der Waals surface area contributed by atoms with Gasteiger partial charge in [0.05, 0.1) is 11.3 Å². The number of rotatable bonds is 3. The fraction of sp³-hybridized carbons (Fsp3) is 0.154. The molecule has 4 nitrogen and oxygen atoms in total. The second kappa shape index (κ2) is 5.79. The fourth-order valence-electron chi connectivity index (χ4n) is 1.70. The molecule has 0 aliphatic carbocycles. The zero-order valence-electron chi connectivity index (χ0n) is 10.6. The summed E-state index contributed by atoms with van der Waals surface area (Å²) >= 11 is 7.36. The number of benzene rings is 1. The first-order chi connectivity index (χ1) is 8.99. The van der Waals surface area contributed by atoms with Gasteiger partial charge in [-0.15, -0.1) is 5.10 Å². The van der Waals surface area contributed by atoms with Gasteiger partial charge in [-0.05, 0) is 60.2 Å². The maximum atomic E-state index is 5.79. The van der Waals surface area contributed by atoms with Gasteiger partial charge in [0.2, 0.25) is 0 Å². The standard InChI is InChI=1S/C13H13IN4S/c1-7-8(2)17-18-13(11(7)12(15)19)16-10-5-3-4-9(14)6-10/h3-6H,1-2H3,(H2,15,19)(H,16,18). The molecule has 0 saturated carbocycles. The molecule has 0 radical (unpaired) electrons. The third kappa shape index (κ3) is 3.19. The molecule has 0 aliphatic heterocycles. The molecular weight excluding hydrogens is 371 g/mol. The minimum absolute atomic E-state index is 0.323. The summed E-state index contributed by atoms with van der Waals surface area (Å²) in [5, 5.41) is 11.5. The Bertz CT molecular complexity index is 643. The minimum Gasteiger partial charge on any atom is -0.389 e. The maximum absolute atomic E-state index is 5.79. The fourth-order valence-corrected chi connectivity index (χ4v) is 2.49. The SMILES string of the molecule is Cc1nnc(Nc2cccc(I)c2)c(C(N)=S)c1C. The van der Waals surface area contributed by atoms with Crippen molar-refractivity contribution in [3.63, 3.8) is 0 Å². The summed E-state index contributed by atoms with van der Waals surface area (Å²) in [5.74, 6) is 0.595. The van der Waals surface area contributed by atoms with E-state index in [9.17, 15) is 0 Å². The predicted molar refractivity (Wildman–Crippen MR) is 89.8 cm³/mol. The molecule has 0 atom stereocenters. The number of hydrogen-bond acceptors (Lipinski definition) is 4. The van der Waals surface area contributed by atoms with E-state index in [1.165, 1.54) is 0 Å². The van der Waals surface area contributed by atoms with Crippen LogP contribution >= 0.6 is 34.8 Å². The quantitative estimate of drug-likeness (QED) is 0.629. The molecule has 98 valence electrons. The van der Waals surface area contributed by atoms with Crippen LogP contribution in [0.2, 0.25) is 0 Å². The van der Waals surface area contributed by atoms with Crippen molar-refractivity contribution >= 4 is 51.3 Å². The van der Waals surface area contributed by atoms with E-state index in [0.29, 0.717) is 10.8 Å². The Kier molecular flexibility index (Phi) is 4.31. The third-order valence-corrected chi connectivity index (χ3v) is 3.66. The summed E-state index contributed by atoms with van der Waals surface area (Å²) in [6, 6.07) is 7.97. The molecule has 1 aromatic carbocycles. The second-order valence-electron chi connectivity index (χ2n) is 4.13. The van der Waals surface area contributed by atoms with Crippen LogP contribution in [-0.4, -0.2) is 15.2 Å². The molecule has 1 aromatic heterocycles. The van der Waals surface area contributed by atoms with E-state index < -0.39 is 0 Å². The highest BCUT2D eigenvalue weighted by molar-refractivity contribution is 14.1. The van der Waals surface area contributed by atoms with E-state index in [2.05, 4.69) is 38.1 Å². The average molecular weight is 384 g/mol. The van der Waals surface area contributed by atoms with Crippen molar-refractivity contribution in [2.24, 2.45) is 5.73 Å². The molecule has 0 bridgehead atoms. The second-order valence-corrected chi connectivity index (χ2v) is 5.82. The van der Waals surface area contributed by atoms with Gasteiger partial charge in [0.25, 0.3) is 0 Å². The number of halogens is 1. The Morgan fingerprint density at radius 1 is 1.32 bits per heavy atom. The summed E-state index contributed by atoms with van der Waals surface area (Å²) in [5.41, 5.74) is 9.26. The van der Waals surface area contributed by atoms with Gasteiger partial charge in [0, 0.05) is 9.26 Å². The van der Waals surface area contributed by atoms with Crippen molar-refractivity contribution in [2.45, 2.75) is 13.8 Å². The molecule has 0 unspecified atom stereocenters. The molecule has 3 N–H and O–H groups in total. The van der Waals surface area contributed by atoms with E-state index in [4.69, 9.17) is 18.0 Å². The lowest BCUT2D eigenvalue weighted by Gasteiger charge is -2.13. The van der Waals surface area contributed by atoms with E-state index in [1.807, 2.05) is 38.1 Å². The minimum atomic E-state index is 0.323. The Labute approximate surface area is 131 Å². The molecular formula is C13H13IN4S.